The fourth-order valence-corrected chi connectivity index (χ4v) is 4.18. The molecular formula is C19H29N3O. The molecule has 1 aromatic carbocycles. The fraction of sp³-hybridized carbons (Fsp3) is 0.684. The van der Waals surface area contributed by atoms with E-state index in [-0.39, 0.29) is 0 Å². The average molecular weight is 315 g/mol. The minimum atomic E-state index is 0.490. The molecule has 3 fully saturated rings. The molecule has 0 spiro atoms. The van der Waals surface area contributed by atoms with E-state index in [4.69, 9.17) is 4.74 Å². The van der Waals surface area contributed by atoms with Crippen LogP contribution in [0, 0.1) is 5.92 Å². The summed E-state index contributed by atoms with van der Waals surface area (Å²) in [5.41, 5.74) is 1.40. The highest BCUT2D eigenvalue weighted by Crippen LogP contribution is 2.31. The number of nitrogens with one attached hydrogen (secondary N) is 1. The van der Waals surface area contributed by atoms with E-state index < -0.39 is 0 Å². The Balaban J connectivity index is 1.44. The fourth-order valence-electron chi connectivity index (χ4n) is 4.18. The van der Waals surface area contributed by atoms with Crippen molar-refractivity contribution in [1.82, 2.24) is 15.1 Å². The van der Waals surface area contributed by atoms with Gasteiger partial charge in [-0.25, -0.2) is 0 Å². The third kappa shape index (κ3) is 3.61. The first-order valence-corrected chi connectivity index (χ1v) is 9.10. The highest BCUT2D eigenvalue weighted by atomic mass is 16.5. The normalized spacial score (nSPS) is 32.0. The van der Waals surface area contributed by atoms with Gasteiger partial charge in [-0.2, -0.15) is 0 Å². The Hall–Kier alpha value is -0.940. The van der Waals surface area contributed by atoms with Gasteiger partial charge in [0.1, 0.15) is 0 Å². The molecule has 0 radical (unpaired) electrons. The molecule has 0 bridgehead atoms. The number of hydrogen-bond donors (Lipinski definition) is 1. The van der Waals surface area contributed by atoms with Gasteiger partial charge in [0.05, 0.1) is 19.3 Å². The van der Waals surface area contributed by atoms with Crippen molar-refractivity contribution in [2.24, 2.45) is 5.92 Å². The van der Waals surface area contributed by atoms with Crippen molar-refractivity contribution in [1.29, 1.82) is 0 Å². The third-order valence-corrected chi connectivity index (χ3v) is 5.69. The lowest BCUT2D eigenvalue weighted by atomic mass is 9.93. The molecule has 2 aliphatic heterocycles. The number of piperazine rings is 1. The highest BCUT2D eigenvalue weighted by molar-refractivity contribution is 5.15. The van der Waals surface area contributed by atoms with Crippen LogP contribution in [0.15, 0.2) is 30.3 Å². The molecule has 1 saturated carbocycles. The van der Waals surface area contributed by atoms with Crippen LogP contribution in [-0.4, -0.2) is 67.8 Å². The topological polar surface area (TPSA) is 27.7 Å². The Bertz CT molecular complexity index is 505. The molecule has 0 amide bonds. The lowest BCUT2D eigenvalue weighted by Gasteiger charge is -2.50. The van der Waals surface area contributed by atoms with E-state index in [1.54, 1.807) is 0 Å². The van der Waals surface area contributed by atoms with Crippen LogP contribution in [0.25, 0.3) is 0 Å². The molecule has 0 aromatic heterocycles. The van der Waals surface area contributed by atoms with Crippen molar-refractivity contribution in [3.63, 3.8) is 0 Å². The first kappa shape index (κ1) is 15.6. The van der Waals surface area contributed by atoms with Crippen molar-refractivity contribution in [2.75, 3.05) is 39.9 Å². The van der Waals surface area contributed by atoms with E-state index in [9.17, 15) is 0 Å². The van der Waals surface area contributed by atoms with Crippen molar-refractivity contribution < 1.29 is 4.74 Å². The van der Waals surface area contributed by atoms with Crippen LogP contribution in [0.2, 0.25) is 0 Å². The summed E-state index contributed by atoms with van der Waals surface area (Å²) in [6.45, 7) is 6.19. The van der Waals surface area contributed by atoms with E-state index in [0.717, 1.165) is 38.8 Å². The van der Waals surface area contributed by atoms with E-state index in [1.807, 2.05) is 0 Å². The molecule has 0 unspecified atom stereocenters. The van der Waals surface area contributed by atoms with Gasteiger partial charge >= 0.3 is 0 Å². The molecule has 2 heterocycles. The van der Waals surface area contributed by atoms with Crippen LogP contribution in [0.1, 0.15) is 18.4 Å². The Morgan fingerprint density at radius 3 is 2.83 bits per heavy atom. The number of rotatable bonds is 5. The van der Waals surface area contributed by atoms with Crippen molar-refractivity contribution >= 4 is 0 Å². The zero-order valence-electron chi connectivity index (χ0n) is 14.2. The smallest absolute Gasteiger partial charge is 0.0638 e. The first-order valence-electron chi connectivity index (χ1n) is 9.10. The molecule has 23 heavy (non-hydrogen) atoms. The molecule has 1 aliphatic carbocycles. The summed E-state index contributed by atoms with van der Waals surface area (Å²) in [6.07, 6.45) is 2.83. The number of nitrogens with zero attached hydrogens (tertiary/aromatic N) is 2. The summed E-state index contributed by atoms with van der Waals surface area (Å²) in [5.74, 6) is 0.935. The monoisotopic (exact) mass is 315 g/mol. The van der Waals surface area contributed by atoms with Crippen LogP contribution in [0.5, 0.6) is 0 Å². The maximum atomic E-state index is 6.02. The Labute approximate surface area is 139 Å². The third-order valence-electron chi connectivity index (χ3n) is 5.69. The van der Waals surface area contributed by atoms with Crippen LogP contribution in [0.3, 0.4) is 0 Å². The van der Waals surface area contributed by atoms with Crippen LogP contribution >= 0.6 is 0 Å². The number of ether oxygens (including phenoxy) is 1. The summed E-state index contributed by atoms with van der Waals surface area (Å²) in [6, 6.07) is 12.4. The van der Waals surface area contributed by atoms with E-state index >= 15 is 0 Å². The maximum Gasteiger partial charge on any atom is 0.0638 e. The van der Waals surface area contributed by atoms with Gasteiger partial charge in [-0.3, -0.25) is 9.80 Å². The van der Waals surface area contributed by atoms with E-state index in [0.29, 0.717) is 18.1 Å². The van der Waals surface area contributed by atoms with Gasteiger partial charge in [-0.1, -0.05) is 30.3 Å². The second kappa shape index (κ2) is 6.89. The number of likely N-dealkylation sites (N-methyl/N-ethyl adjacent to an activating group) is 1. The molecule has 1 aromatic rings. The van der Waals surface area contributed by atoms with Gasteiger partial charge in [0.15, 0.2) is 0 Å². The quantitative estimate of drug-likeness (QED) is 0.893. The Morgan fingerprint density at radius 2 is 2.04 bits per heavy atom. The lowest BCUT2D eigenvalue weighted by Crippen LogP contribution is -2.69. The Morgan fingerprint density at radius 1 is 1.22 bits per heavy atom. The predicted octanol–water partition coefficient (Wildman–Crippen LogP) is 1.57. The van der Waals surface area contributed by atoms with Crippen LogP contribution < -0.4 is 5.32 Å². The molecule has 4 heteroatoms. The van der Waals surface area contributed by atoms with E-state index in [1.165, 1.54) is 24.9 Å². The summed E-state index contributed by atoms with van der Waals surface area (Å²) in [5, 5.41) is 3.80. The van der Waals surface area contributed by atoms with Gasteiger partial charge in [-0.15, -0.1) is 0 Å². The minimum Gasteiger partial charge on any atom is -0.378 e. The number of hydrogen-bond acceptors (Lipinski definition) is 4. The molecule has 4 nitrogen and oxygen atoms in total. The number of fused-ring (bicyclic) bond motifs is 1. The number of benzene rings is 1. The van der Waals surface area contributed by atoms with Crippen molar-refractivity contribution in [3.05, 3.63) is 35.9 Å². The van der Waals surface area contributed by atoms with Crippen LogP contribution in [0.4, 0.5) is 0 Å². The van der Waals surface area contributed by atoms with Gasteiger partial charge in [0.2, 0.25) is 0 Å². The second-order valence-corrected chi connectivity index (χ2v) is 7.49. The zero-order valence-corrected chi connectivity index (χ0v) is 14.2. The predicted molar refractivity (Wildman–Crippen MR) is 92.4 cm³/mol. The molecule has 2 saturated heterocycles. The van der Waals surface area contributed by atoms with Gasteiger partial charge in [0.25, 0.3) is 0 Å². The largest absolute Gasteiger partial charge is 0.378 e. The lowest BCUT2D eigenvalue weighted by molar-refractivity contribution is -0.0683. The van der Waals surface area contributed by atoms with Gasteiger partial charge < -0.3 is 10.1 Å². The molecule has 3 atom stereocenters. The van der Waals surface area contributed by atoms with Gasteiger partial charge in [-0.05, 0) is 31.4 Å². The Kier molecular flexibility index (Phi) is 4.67. The minimum absolute atomic E-state index is 0.490. The standard InChI is InChI=1S/C19H29N3O/c1-21(11-16-7-8-16)17-13-23-14-18-19(17)20-9-10-22(18)12-15-5-3-2-4-6-15/h2-6,16-20H,7-14H2,1H3/t17-,18+,19+/m0/s1. The molecular weight excluding hydrogens is 286 g/mol. The SMILES string of the molecule is CN(CC1CC1)[C@H]1COC[C@@H]2[C@@H]1NCCN2Cc1ccccc1. The zero-order chi connectivity index (χ0) is 15.6. The summed E-state index contributed by atoms with van der Waals surface area (Å²) < 4.78 is 6.02. The van der Waals surface area contributed by atoms with Crippen molar-refractivity contribution in [3.8, 4) is 0 Å². The summed E-state index contributed by atoms with van der Waals surface area (Å²) >= 11 is 0. The van der Waals surface area contributed by atoms with Crippen LogP contribution in [-0.2, 0) is 11.3 Å². The maximum absolute atomic E-state index is 6.02. The molecule has 1 N–H and O–H groups in total. The summed E-state index contributed by atoms with van der Waals surface area (Å²) in [7, 11) is 2.28. The molecule has 126 valence electrons. The van der Waals surface area contributed by atoms with Gasteiger partial charge in [0, 0.05) is 38.3 Å². The highest BCUT2D eigenvalue weighted by Gasteiger charge is 2.42. The van der Waals surface area contributed by atoms with E-state index in [2.05, 4.69) is 52.5 Å². The average Bonchev–Trinajstić information content (AvgIpc) is 3.39. The first-order chi connectivity index (χ1) is 11.3. The molecule has 4 rings (SSSR count). The molecule has 3 aliphatic rings. The van der Waals surface area contributed by atoms with Crippen molar-refractivity contribution in [2.45, 2.75) is 37.5 Å². The second-order valence-electron chi connectivity index (χ2n) is 7.49. The summed E-state index contributed by atoms with van der Waals surface area (Å²) in [4.78, 5) is 5.17.